The maximum atomic E-state index is 11.5. The van der Waals surface area contributed by atoms with Crippen molar-refractivity contribution in [2.24, 2.45) is 0 Å². The lowest BCUT2D eigenvalue weighted by Gasteiger charge is -2.24. The fraction of sp³-hybridized carbons (Fsp3) is 0.714. The summed E-state index contributed by atoms with van der Waals surface area (Å²) in [5.41, 5.74) is 0. The maximum absolute atomic E-state index is 11.5. The minimum Gasteiger partial charge on any atom is -0.283 e. The lowest BCUT2D eigenvalue weighted by Crippen LogP contribution is -2.40. The molecule has 1 saturated heterocycles. The van der Waals surface area contributed by atoms with Crippen molar-refractivity contribution >= 4 is 11.8 Å². The number of rotatable bonds is 7. The molecule has 96 valence electrons. The molecular weight excluding hydrogens is 214 g/mol. The van der Waals surface area contributed by atoms with Crippen LogP contribution in [0.2, 0.25) is 0 Å². The maximum Gasteiger partial charge on any atom is 0.229 e. The Bertz CT molecular complexity index is 268. The topological polar surface area (TPSA) is 37.4 Å². The first-order valence-corrected chi connectivity index (χ1v) is 6.74. The van der Waals surface area contributed by atoms with E-state index in [1.165, 1.54) is 4.90 Å². The number of carbonyl (C=O) groups is 2. The highest BCUT2D eigenvalue weighted by atomic mass is 16.2. The van der Waals surface area contributed by atoms with E-state index < -0.39 is 0 Å². The van der Waals surface area contributed by atoms with Crippen LogP contribution in [0, 0.1) is 0 Å². The van der Waals surface area contributed by atoms with Gasteiger partial charge in [-0.3, -0.25) is 14.5 Å². The molecule has 0 radical (unpaired) electrons. The summed E-state index contributed by atoms with van der Waals surface area (Å²) in [4.78, 5) is 24.5. The molecule has 0 spiro atoms. The summed E-state index contributed by atoms with van der Waals surface area (Å²) in [5, 5.41) is 0. The number of piperidine rings is 1. The van der Waals surface area contributed by atoms with E-state index in [1.807, 2.05) is 0 Å². The second kappa shape index (κ2) is 8.04. The first-order chi connectivity index (χ1) is 8.25. The first-order valence-electron chi connectivity index (χ1n) is 6.74. The van der Waals surface area contributed by atoms with Gasteiger partial charge in [0.05, 0.1) is 0 Å². The third-order valence-electron chi connectivity index (χ3n) is 3.04. The van der Waals surface area contributed by atoms with Gasteiger partial charge in [-0.15, -0.1) is 0 Å². The van der Waals surface area contributed by atoms with Crippen LogP contribution in [0.3, 0.4) is 0 Å². The van der Waals surface area contributed by atoms with Gasteiger partial charge in [0.1, 0.15) is 0 Å². The standard InChI is InChI=1S/C14H23NO2/c1-2-3-4-5-6-7-8-12-15-13(16)10-9-11-14(15)17/h3-4H,2,5-12H2,1H3/b4-3-. The van der Waals surface area contributed by atoms with Crippen LogP contribution in [0.5, 0.6) is 0 Å². The van der Waals surface area contributed by atoms with E-state index in [0.29, 0.717) is 19.4 Å². The van der Waals surface area contributed by atoms with Crippen LogP contribution < -0.4 is 0 Å². The second-order valence-corrected chi connectivity index (χ2v) is 4.52. The molecule has 1 aliphatic heterocycles. The average molecular weight is 237 g/mol. The van der Waals surface area contributed by atoms with Crippen molar-refractivity contribution < 1.29 is 9.59 Å². The monoisotopic (exact) mass is 237 g/mol. The molecule has 2 amide bonds. The zero-order chi connectivity index (χ0) is 12.5. The Morgan fingerprint density at radius 3 is 2.41 bits per heavy atom. The highest BCUT2D eigenvalue weighted by Crippen LogP contribution is 2.13. The summed E-state index contributed by atoms with van der Waals surface area (Å²) >= 11 is 0. The summed E-state index contributed by atoms with van der Waals surface area (Å²) in [6, 6.07) is 0. The predicted octanol–water partition coefficient (Wildman–Crippen LogP) is 3.05. The number of amides is 2. The molecule has 1 fully saturated rings. The number of hydrogen-bond acceptors (Lipinski definition) is 2. The molecule has 0 aliphatic carbocycles. The first kappa shape index (κ1) is 13.9. The summed E-state index contributed by atoms with van der Waals surface area (Å²) < 4.78 is 0. The zero-order valence-corrected chi connectivity index (χ0v) is 10.8. The molecule has 1 aliphatic rings. The van der Waals surface area contributed by atoms with Crippen molar-refractivity contribution in [3.05, 3.63) is 12.2 Å². The Morgan fingerprint density at radius 2 is 1.76 bits per heavy atom. The van der Waals surface area contributed by atoms with Crippen molar-refractivity contribution in [3.8, 4) is 0 Å². The van der Waals surface area contributed by atoms with Gasteiger partial charge in [0.25, 0.3) is 0 Å². The molecule has 0 saturated carbocycles. The van der Waals surface area contributed by atoms with Gasteiger partial charge >= 0.3 is 0 Å². The van der Waals surface area contributed by atoms with Crippen molar-refractivity contribution in [1.82, 2.24) is 4.90 Å². The molecule has 0 N–H and O–H groups in total. The van der Waals surface area contributed by atoms with E-state index >= 15 is 0 Å². The molecule has 1 heterocycles. The van der Waals surface area contributed by atoms with Gasteiger partial charge in [-0.25, -0.2) is 0 Å². The molecule has 3 heteroatoms. The van der Waals surface area contributed by atoms with E-state index in [9.17, 15) is 9.59 Å². The summed E-state index contributed by atoms with van der Waals surface area (Å²) in [7, 11) is 0. The van der Waals surface area contributed by atoms with E-state index in [2.05, 4.69) is 19.1 Å². The molecule has 0 bridgehead atoms. The molecule has 0 unspecified atom stereocenters. The van der Waals surface area contributed by atoms with Gasteiger partial charge in [0.2, 0.25) is 11.8 Å². The predicted molar refractivity (Wildman–Crippen MR) is 68.5 cm³/mol. The number of allylic oxidation sites excluding steroid dienone is 2. The van der Waals surface area contributed by atoms with E-state index in [0.717, 1.165) is 38.5 Å². The van der Waals surface area contributed by atoms with Gasteiger partial charge < -0.3 is 0 Å². The van der Waals surface area contributed by atoms with Crippen LogP contribution in [0.25, 0.3) is 0 Å². The van der Waals surface area contributed by atoms with Gasteiger partial charge in [-0.2, -0.15) is 0 Å². The Morgan fingerprint density at radius 1 is 1.06 bits per heavy atom. The summed E-state index contributed by atoms with van der Waals surface area (Å²) in [6.07, 6.45) is 11.6. The van der Waals surface area contributed by atoms with Gasteiger partial charge in [-0.05, 0) is 32.1 Å². The van der Waals surface area contributed by atoms with Crippen LogP contribution in [0.4, 0.5) is 0 Å². The van der Waals surface area contributed by atoms with E-state index in [-0.39, 0.29) is 11.8 Å². The third kappa shape index (κ3) is 5.16. The zero-order valence-electron chi connectivity index (χ0n) is 10.8. The van der Waals surface area contributed by atoms with Crippen LogP contribution in [0.1, 0.15) is 58.3 Å². The molecule has 0 aromatic heterocycles. The summed E-state index contributed by atoms with van der Waals surface area (Å²) in [5.74, 6) is 0.0410. The van der Waals surface area contributed by atoms with Crippen LogP contribution in [-0.4, -0.2) is 23.3 Å². The minimum atomic E-state index is 0.0205. The molecule has 17 heavy (non-hydrogen) atoms. The molecule has 0 aromatic carbocycles. The quantitative estimate of drug-likeness (QED) is 0.388. The number of carbonyl (C=O) groups excluding carboxylic acids is 2. The number of hydrogen-bond donors (Lipinski definition) is 0. The highest BCUT2D eigenvalue weighted by Gasteiger charge is 2.24. The second-order valence-electron chi connectivity index (χ2n) is 4.52. The Labute approximate surface area is 104 Å². The number of likely N-dealkylation sites (tertiary alicyclic amines) is 1. The Kier molecular flexibility index (Phi) is 6.60. The fourth-order valence-electron chi connectivity index (χ4n) is 2.04. The average Bonchev–Trinajstić information content (AvgIpc) is 2.31. The van der Waals surface area contributed by atoms with Crippen LogP contribution in [0.15, 0.2) is 12.2 Å². The fourth-order valence-corrected chi connectivity index (χ4v) is 2.04. The largest absolute Gasteiger partial charge is 0.283 e. The number of imide groups is 1. The van der Waals surface area contributed by atoms with Crippen LogP contribution >= 0.6 is 0 Å². The molecule has 1 rings (SSSR count). The van der Waals surface area contributed by atoms with Crippen molar-refractivity contribution in [3.63, 3.8) is 0 Å². The Hall–Kier alpha value is -1.12. The molecule has 3 nitrogen and oxygen atoms in total. The molecule has 0 atom stereocenters. The lowest BCUT2D eigenvalue weighted by atomic mass is 10.1. The minimum absolute atomic E-state index is 0.0205. The smallest absolute Gasteiger partial charge is 0.229 e. The van der Waals surface area contributed by atoms with Crippen molar-refractivity contribution in [1.29, 1.82) is 0 Å². The SMILES string of the molecule is CC/C=C\CCCCCN1C(=O)CCCC1=O. The lowest BCUT2D eigenvalue weighted by molar-refractivity contribution is -0.147. The number of unbranched alkanes of at least 4 members (excludes halogenated alkanes) is 3. The van der Waals surface area contributed by atoms with Gasteiger partial charge in [0, 0.05) is 19.4 Å². The summed E-state index contributed by atoms with van der Waals surface area (Å²) in [6.45, 7) is 2.75. The highest BCUT2D eigenvalue weighted by molar-refractivity contribution is 5.97. The molecular formula is C14H23NO2. The number of nitrogens with zero attached hydrogens (tertiary/aromatic N) is 1. The normalized spacial score (nSPS) is 17.1. The third-order valence-corrected chi connectivity index (χ3v) is 3.04. The van der Waals surface area contributed by atoms with Gasteiger partial charge in [0.15, 0.2) is 0 Å². The van der Waals surface area contributed by atoms with E-state index in [1.54, 1.807) is 0 Å². The van der Waals surface area contributed by atoms with Crippen LogP contribution in [-0.2, 0) is 9.59 Å². The van der Waals surface area contributed by atoms with E-state index in [4.69, 9.17) is 0 Å². The molecule has 0 aromatic rings. The van der Waals surface area contributed by atoms with Crippen molar-refractivity contribution in [2.75, 3.05) is 6.54 Å². The Balaban J connectivity index is 2.11. The van der Waals surface area contributed by atoms with Gasteiger partial charge in [-0.1, -0.05) is 25.5 Å². The van der Waals surface area contributed by atoms with Crippen molar-refractivity contribution in [2.45, 2.75) is 58.3 Å².